The maximum Gasteiger partial charge on any atom is 0.358 e. The summed E-state index contributed by atoms with van der Waals surface area (Å²) in [4.78, 5) is 11.2. The van der Waals surface area contributed by atoms with Crippen molar-refractivity contribution in [2.24, 2.45) is 0 Å². The van der Waals surface area contributed by atoms with Gasteiger partial charge in [0.1, 0.15) is 5.75 Å². The second-order valence-corrected chi connectivity index (χ2v) is 4.03. The molecule has 0 aliphatic rings. The van der Waals surface area contributed by atoms with Crippen LogP contribution in [0, 0.1) is 0 Å². The zero-order chi connectivity index (χ0) is 14.4. The number of esters is 1. The van der Waals surface area contributed by atoms with Gasteiger partial charge >= 0.3 is 5.97 Å². The van der Waals surface area contributed by atoms with Gasteiger partial charge in [0.05, 0.1) is 7.11 Å². The first-order chi connectivity index (χ1) is 9.72. The molecule has 0 aliphatic carbocycles. The summed E-state index contributed by atoms with van der Waals surface area (Å²) in [6, 6.07) is 10.7. The number of benzene rings is 1. The standard InChI is InChI=1S/C14H15N3O3/c1-15-9-10-4-3-5-11(8-10)20-13-7-6-12(16-17-13)14(18)19-2/h3-8,15H,9H2,1-2H3. The van der Waals surface area contributed by atoms with Gasteiger partial charge in [-0.2, -0.15) is 0 Å². The van der Waals surface area contributed by atoms with Crippen LogP contribution in [0.2, 0.25) is 0 Å². The number of ether oxygens (including phenoxy) is 2. The topological polar surface area (TPSA) is 73.3 Å². The fourth-order valence-electron chi connectivity index (χ4n) is 1.63. The van der Waals surface area contributed by atoms with Gasteiger partial charge in [-0.05, 0) is 30.8 Å². The molecule has 1 aromatic carbocycles. The Balaban J connectivity index is 2.09. The zero-order valence-corrected chi connectivity index (χ0v) is 11.3. The van der Waals surface area contributed by atoms with Gasteiger partial charge in [0, 0.05) is 12.6 Å². The van der Waals surface area contributed by atoms with E-state index in [1.165, 1.54) is 13.2 Å². The smallest absolute Gasteiger partial charge is 0.358 e. The molecule has 104 valence electrons. The molecule has 0 fully saturated rings. The SMILES string of the molecule is CNCc1cccc(Oc2ccc(C(=O)OC)nn2)c1. The minimum absolute atomic E-state index is 0.142. The van der Waals surface area contributed by atoms with E-state index in [1.54, 1.807) is 6.07 Å². The van der Waals surface area contributed by atoms with Gasteiger partial charge in [-0.1, -0.05) is 12.1 Å². The molecule has 6 heteroatoms. The molecule has 0 saturated heterocycles. The molecular weight excluding hydrogens is 258 g/mol. The van der Waals surface area contributed by atoms with Crippen LogP contribution in [0.5, 0.6) is 11.6 Å². The number of methoxy groups -OCH3 is 1. The first-order valence-electron chi connectivity index (χ1n) is 6.06. The van der Waals surface area contributed by atoms with Crippen LogP contribution in [0.1, 0.15) is 16.1 Å². The Labute approximate surface area is 116 Å². The third-order valence-electron chi connectivity index (χ3n) is 2.54. The molecule has 0 saturated carbocycles. The molecule has 0 amide bonds. The predicted molar refractivity (Wildman–Crippen MR) is 72.7 cm³/mol. The molecule has 20 heavy (non-hydrogen) atoms. The number of aromatic nitrogens is 2. The van der Waals surface area contributed by atoms with Crippen molar-refractivity contribution >= 4 is 5.97 Å². The van der Waals surface area contributed by atoms with E-state index in [9.17, 15) is 4.79 Å². The highest BCUT2D eigenvalue weighted by Crippen LogP contribution is 2.20. The summed E-state index contributed by atoms with van der Waals surface area (Å²) in [7, 11) is 3.17. The number of carbonyl (C=O) groups excluding carboxylic acids is 1. The van der Waals surface area contributed by atoms with Crippen LogP contribution in [-0.4, -0.2) is 30.3 Å². The largest absolute Gasteiger partial charge is 0.464 e. The molecule has 0 unspecified atom stereocenters. The van der Waals surface area contributed by atoms with E-state index in [0.29, 0.717) is 11.6 Å². The van der Waals surface area contributed by atoms with Crippen molar-refractivity contribution < 1.29 is 14.3 Å². The molecule has 2 rings (SSSR count). The molecular formula is C14H15N3O3. The lowest BCUT2D eigenvalue weighted by Crippen LogP contribution is -2.06. The summed E-state index contributed by atoms with van der Waals surface area (Å²) in [6.07, 6.45) is 0. The van der Waals surface area contributed by atoms with E-state index >= 15 is 0 Å². The number of hydrogen-bond donors (Lipinski definition) is 1. The van der Waals surface area contributed by atoms with Crippen LogP contribution in [0.25, 0.3) is 0 Å². The number of rotatable bonds is 5. The Morgan fingerprint density at radius 3 is 2.75 bits per heavy atom. The number of hydrogen-bond acceptors (Lipinski definition) is 6. The second-order valence-electron chi connectivity index (χ2n) is 4.03. The Morgan fingerprint density at radius 2 is 2.10 bits per heavy atom. The third kappa shape index (κ3) is 3.52. The highest BCUT2D eigenvalue weighted by Gasteiger charge is 2.08. The van der Waals surface area contributed by atoms with Gasteiger partial charge in [0.15, 0.2) is 5.69 Å². The van der Waals surface area contributed by atoms with Gasteiger partial charge in [-0.3, -0.25) is 0 Å². The maximum atomic E-state index is 11.2. The van der Waals surface area contributed by atoms with Gasteiger partial charge < -0.3 is 14.8 Å². The molecule has 1 heterocycles. The fraction of sp³-hybridized carbons (Fsp3) is 0.214. The van der Waals surface area contributed by atoms with Crippen LogP contribution in [0.4, 0.5) is 0 Å². The van der Waals surface area contributed by atoms with E-state index in [-0.39, 0.29) is 5.69 Å². The Kier molecular flexibility index (Phi) is 4.62. The third-order valence-corrected chi connectivity index (χ3v) is 2.54. The van der Waals surface area contributed by atoms with Crippen LogP contribution < -0.4 is 10.1 Å². The zero-order valence-electron chi connectivity index (χ0n) is 11.3. The monoisotopic (exact) mass is 273 g/mol. The highest BCUT2D eigenvalue weighted by atomic mass is 16.5. The molecule has 0 atom stereocenters. The Hall–Kier alpha value is -2.47. The number of carbonyl (C=O) groups is 1. The lowest BCUT2D eigenvalue weighted by atomic mass is 10.2. The minimum Gasteiger partial charge on any atom is -0.464 e. The van der Waals surface area contributed by atoms with Crippen molar-refractivity contribution in [2.75, 3.05) is 14.2 Å². The first-order valence-corrected chi connectivity index (χ1v) is 6.06. The predicted octanol–water partition coefficient (Wildman–Crippen LogP) is 1.77. The van der Waals surface area contributed by atoms with Crippen molar-refractivity contribution in [1.29, 1.82) is 0 Å². The average molecular weight is 273 g/mol. The fourth-order valence-corrected chi connectivity index (χ4v) is 1.63. The average Bonchev–Trinajstić information content (AvgIpc) is 2.48. The van der Waals surface area contributed by atoms with Gasteiger partial charge in [0.2, 0.25) is 5.88 Å². The lowest BCUT2D eigenvalue weighted by Gasteiger charge is -2.06. The minimum atomic E-state index is -0.528. The van der Waals surface area contributed by atoms with E-state index in [2.05, 4.69) is 20.3 Å². The second kappa shape index (κ2) is 6.63. The van der Waals surface area contributed by atoms with Crippen molar-refractivity contribution in [3.05, 3.63) is 47.7 Å². The Bertz CT molecular complexity index is 584. The van der Waals surface area contributed by atoms with Crippen LogP contribution in [0.3, 0.4) is 0 Å². The number of nitrogens with zero attached hydrogens (tertiary/aromatic N) is 2. The van der Waals surface area contributed by atoms with Crippen LogP contribution in [-0.2, 0) is 11.3 Å². The highest BCUT2D eigenvalue weighted by molar-refractivity contribution is 5.86. The lowest BCUT2D eigenvalue weighted by molar-refractivity contribution is 0.0592. The van der Waals surface area contributed by atoms with Gasteiger partial charge in [-0.15, -0.1) is 10.2 Å². The van der Waals surface area contributed by atoms with Crippen LogP contribution in [0.15, 0.2) is 36.4 Å². The quantitative estimate of drug-likeness (QED) is 0.837. The Morgan fingerprint density at radius 1 is 1.25 bits per heavy atom. The maximum absolute atomic E-state index is 11.2. The van der Waals surface area contributed by atoms with Crippen LogP contribution >= 0.6 is 0 Å². The van der Waals surface area contributed by atoms with Gasteiger partial charge in [0.25, 0.3) is 0 Å². The summed E-state index contributed by atoms with van der Waals surface area (Å²) in [6.45, 7) is 0.754. The van der Waals surface area contributed by atoms with Gasteiger partial charge in [-0.25, -0.2) is 4.79 Å². The summed E-state index contributed by atoms with van der Waals surface area (Å²) in [5.74, 6) is 0.456. The van der Waals surface area contributed by atoms with Crippen molar-refractivity contribution in [1.82, 2.24) is 15.5 Å². The molecule has 1 aromatic heterocycles. The number of nitrogens with one attached hydrogen (secondary N) is 1. The van der Waals surface area contributed by atoms with E-state index < -0.39 is 5.97 Å². The molecule has 0 aliphatic heterocycles. The van der Waals surface area contributed by atoms with E-state index in [4.69, 9.17) is 4.74 Å². The summed E-state index contributed by atoms with van der Waals surface area (Å²) in [5.41, 5.74) is 1.24. The summed E-state index contributed by atoms with van der Waals surface area (Å²) >= 11 is 0. The molecule has 0 spiro atoms. The van der Waals surface area contributed by atoms with Crippen molar-refractivity contribution in [3.8, 4) is 11.6 Å². The normalized spacial score (nSPS) is 10.1. The first kappa shape index (κ1) is 14.0. The summed E-state index contributed by atoms with van der Waals surface area (Å²) in [5, 5.41) is 10.6. The molecule has 6 nitrogen and oxygen atoms in total. The summed E-state index contributed by atoms with van der Waals surface area (Å²) < 4.78 is 10.1. The van der Waals surface area contributed by atoms with E-state index in [1.807, 2.05) is 31.3 Å². The molecule has 0 radical (unpaired) electrons. The molecule has 0 bridgehead atoms. The molecule has 2 aromatic rings. The van der Waals surface area contributed by atoms with Crippen molar-refractivity contribution in [2.45, 2.75) is 6.54 Å². The van der Waals surface area contributed by atoms with E-state index in [0.717, 1.165) is 12.1 Å². The van der Waals surface area contributed by atoms with Crippen molar-refractivity contribution in [3.63, 3.8) is 0 Å². The molecule has 1 N–H and O–H groups in total.